The minimum Gasteiger partial charge on any atom is -0.388 e. The molecule has 0 aliphatic heterocycles. The number of aliphatic hydroxyl groups excluding tert-OH is 1. The van der Waals surface area contributed by atoms with Crippen molar-refractivity contribution in [2.45, 2.75) is 25.4 Å². The molecule has 2 aromatic carbocycles. The van der Waals surface area contributed by atoms with Crippen LogP contribution < -0.4 is 0 Å². The Bertz CT molecular complexity index is 709. The fourth-order valence-electron chi connectivity index (χ4n) is 5.57. The van der Waals surface area contributed by atoms with Gasteiger partial charge < -0.3 is 5.11 Å². The molecule has 3 aliphatic carbocycles. The van der Waals surface area contributed by atoms with E-state index in [-0.39, 0.29) is 6.10 Å². The van der Waals surface area contributed by atoms with Crippen molar-refractivity contribution in [1.29, 1.82) is 0 Å². The molecular weight excluding hydrogens is 324 g/mol. The van der Waals surface area contributed by atoms with Crippen LogP contribution in [0.3, 0.4) is 0 Å². The minimum atomic E-state index is -0.276. The highest BCUT2D eigenvalue weighted by Crippen LogP contribution is 2.72. The molecule has 2 aromatic rings. The third-order valence-corrected chi connectivity index (χ3v) is 7.07. The summed E-state index contributed by atoms with van der Waals surface area (Å²) < 4.78 is 1.12. The van der Waals surface area contributed by atoms with Crippen LogP contribution in [0.4, 0.5) is 0 Å². The number of benzene rings is 2. The summed E-state index contributed by atoms with van der Waals surface area (Å²) in [6, 6.07) is 12.6. The summed E-state index contributed by atoms with van der Waals surface area (Å²) in [4.78, 5) is 0. The molecule has 21 heavy (non-hydrogen) atoms. The molecule has 0 saturated heterocycles. The maximum Gasteiger partial charge on any atom is 0.0829 e. The first-order valence-corrected chi connectivity index (χ1v) is 8.90. The van der Waals surface area contributed by atoms with E-state index in [2.05, 4.69) is 52.3 Å². The summed E-state index contributed by atoms with van der Waals surface area (Å²) in [5.74, 6) is 4.01. The third-order valence-electron chi connectivity index (χ3n) is 6.38. The van der Waals surface area contributed by atoms with Gasteiger partial charge in [-0.25, -0.2) is 0 Å². The SMILES string of the molecule is OC(c1ccc(Br)c2ccccc12)C1C2C3CCC(C3)C21. The minimum absolute atomic E-state index is 0.276. The average Bonchev–Trinajstić information content (AvgIpc) is 2.95. The molecule has 1 nitrogen and oxygen atoms in total. The lowest BCUT2D eigenvalue weighted by Gasteiger charge is -2.18. The van der Waals surface area contributed by atoms with Gasteiger partial charge >= 0.3 is 0 Å². The molecule has 5 rings (SSSR count). The maximum atomic E-state index is 11.0. The molecule has 3 saturated carbocycles. The fraction of sp³-hybridized carbons (Fsp3) is 0.474. The van der Waals surface area contributed by atoms with Crippen LogP contribution in [0.5, 0.6) is 0 Å². The highest BCUT2D eigenvalue weighted by atomic mass is 79.9. The van der Waals surface area contributed by atoms with Crippen molar-refractivity contribution >= 4 is 26.7 Å². The lowest BCUT2D eigenvalue weighted by Crippen LogP contribution is -2.09. The van der Waals surface area contributed by atoms with E-state index in [9.17, 15) is 5.11 Å². The third kappa shape index (κ3) is 1.66. The molecule has 0 aromatic heterocycles. The molecular formula is C19H19BrO. The zero-order valence-corrected chi connectivity index (χ0v) is 13.5. The number of halogens is 1. The molecule has 2 heteroatoms. The second-order valence-electron chi connectivity index (χ2n) is 7.19. The van der Waals surface area contributed by atoms with Crippen LogP contribution >= 0.6 is 15.9 Å². The lowest BCUT2D eigenvalue weighted by molar-refractivity contribution is 0.131. The van der Waals surface area contributed by atoms with E-state index >= 15 is 0 Å². The molecule has 108 valence electrons. The molecule has 1 N–H and O–H groups in total. The standard InChI is InChI=1S/C19H19BrO/c20-15-8-7-14(12-3-1-2-4-13(12)15)19(21)18-16-10-5-6-11(9-10)17(16)18/h1-4,7-8,10-11,16-19,21H,5-6,9H2. The van der Waals surface area contributed by atoms with Crippen LogP contribution in [-0.2, 0) is 0 Å². The first-order valence-electron chi connectivity index (χ1n) is 8.11. The van der Waals surface area contributed by atoms with E-state index in [0.29, 0.717) is 5.92 Å². The van der Waals surface area contributed by atoms with Crippen molar-refractivity contribution in [3.63, 3.8) is 0 Å². The molecule has 0 spiro atoms. The molecule has 5 unspecified atom stereocenters. The Morgan fingerprint density at radius 2 is 1.62 bits per heavy atom. The van der Waals surface area contributed by atoms with E-state index < -0.39 is 0 Å². The molecule has 2 bridgehead atoms. The average molecular weight is 343 g/mol. The van der Waals surface area contributed by atoms with Gasteiger partial charge in [-0.2, -0.15) is 0 Å². The molecule has 0 amide bonds. The molecule has 0 heterocycles. The van der Waals surface area contributed by atoms with Crippen molar-refractivity contribution < 1.29 is 5.11 Å². The monoisotopic (exact) mass is 342 g/mol. The second kappa shape index (κ2) is 4.33. The molecule has 0 radical (unpaired) electrons. The maximum absolute atomic E-state index is 11.0. The first-order chi connectivity index (χ1) is 10.3. The topological polar surface area (TPSA) is 20.2 Å². The zero-order chi connectivity index (χ0) is 14.1. The van der Waals surface area contributed by atoms with Gasteiger partial charge in [-0.1, -0.05) is 46.3 Å². The summed E-state index contributed by atoms with van der Waals surface area (Å²) in [6.45, 7) is 0. The van der Waals surface area contributed by atoms with Crippen molar-refractivity contribution in [2.24, 2.45) is 29.6 Å². The van der Waals surface area contributed by atoms with Gasteiger partial charge in [0.25, 0.3) is 0 Å². The smallest absolute Gasteiger partial charge is 0.0829 e. The summed E-state index contributed by atoms with van der Waals surface area (Å²) in [6.07, 6.45) is 3.99. The van der Waals surface area contributed by atoms with Crippen LogP contribution in [0.15, 0.2) is 40.9 Å². The van der Waals surface area contributed by atoms with Gasteiger partial charge in [0.1, 0.15) is 0 Å². The Balaban J connectivity index is 1.55. The van der Waals surface area contributed by atoms with Gasteiger partial charge in [0.15, 0.2) is 0 Å². The van der Waals surface area contributed by atoms with Crippen LogP contribution in [0.2, 0.25) is 0 Å². The van der Waals surface area contributed by atoms with Crippen LogP contribution in [0, 0.1) is 29.6 Å². The van der Waals surface area contributed by atoms with Crippen LogP contribution in [0.1, 0.15) is 30.9 Å². The predicted molar refractivity (Wildman–Crippen MR) is 87.9 cm³/mol. The Kier molecular flexibility index (Phi) is 2.61. The quantitative estimate of drug-likeness (QED) is 0.820. The fourth-order valence-corrected chi connectivity index (χ4v) is 6.04. The van der Waals surface area contributed by atoms with Gasteiger partial charge in [0, 0.05) is 4.47 Å². The Morgan fingerprint density at radius 3 is 2.33 bits per heavy atom. The van der Waals surface area contributed by atoms with Gasteiger partial charge in [0.05, 0.1) is 6.10 Å². The van der Waals surface area contributed by atoms with Crippen molar-refractivity contribution in [3.8, 4) is 0 Å². The van der Waals surface area contributed by atoms with E-state index in [1.165, 1.54) is 30.0 Å². The van der Waals surface area contributed by atoms with Crippen molar-refractivity contribution in [3.05, 3.63) is 46.4 Å². The highest BCUT2D eigenvalue weighted by Gasteiger charge is 2.66. The van der Waals surface area contributed by atoms with E-state index in [4.69, 9.17) is 0 Å². The summed E-state index contributed by atoms with van der Waals surface area (Å²) >= 11 is 3.63. The van der Waals surface area contributed by atoms with Crippen molar-refractivity contribution in [1.82, 2.24) is 0 Å². The highest BCUT2D eigenvalue weighted by molar-refractivity contribution is 9.10. The lowest BCUT2D eigenvalue weighted by atomic mass is 9.92. The normalized spacial score (nSPS) is 37.7. The molecule has 3 aliphatic rings. The summed E-state index contributed by atoms with van der Waals surface area (Å²) in [7, 11) is 0. The number of fused-ring (bicyclic) bond motifs is 6. The Morgan fingerprint density at radius 1 is 0.952 bits per heavy atom. The second-order valence-corrected chi connectivity index (χ2v) is 8.05. The van der Waals surface area contributed by atoms with Gasteiger partial charge in [-0.05, 0) is 71.3 Å². The number of hydrogen-bond acceptors (Lipinski definition) is 1. The Labute approximate surface area is 133 Å². The number of hydrogen-bond donors (Lipinski definition) is 1. The Hall–Kier alpha value is -0.860. The number of rotatable bonds is 2. The van der Waals surface area contributed by atoms with E-state index in [0.717, 1.165) is 33.7 Å². The van der Waals surface area contributed by atoms with Crippen LogP contribution in [-0.4, -0.2) is 5.11 Å². The van der Waals surface area contributed by atoms with E-state index in [1.807, 2.05) is 0 Å². The largest absolute Gasteiger partial charge is 0.388 e. The van der Waals surface area contributed by atoms with Crippen LogP contribution in [0.25, 0.3) is 10.8 Å². The van der Waals surface area contributed by atoms with E-state index in [1.54, 1.807) is 0 Å². The molecule has 5 atom stereocenters. The van der Waals surface area contributed by atoms with Gasteiger partial charge in [0.2, 0.25) is 0 Å². The molecule has 3 fully saturated rings. The number of aliphatic hydroxyl groups is 1. The predicted octanol–water partition coefficient (Wildman–Crippen LogP) is 4.93. The zero-order valence-electron chi connectivity index (χ0n) is 11.9. The first kappa shape index (κ1) is 12.7. The summed E-state index contributed by atoms with van der Waals surface area (Å²) in [5.41, 5.74) is 1.13. The summed E-state index contributed by atoms with van der Waals surface area (Å²) in [5, 5.41) is 13.4. The van der Waals surface area contributed by atoms with Gasteiger partial charge in [-0.3, -0.25) is 0 Å². The van der Waals surface area contributed by atoms with Gasteiger partial charge in [-0.15, -0.1) is 0 Å². The van der Waals surface area contributed by atoms with Crippen molar-refractivity contribution in [2.75, 3.05) is 0 Å².